The maximum absolute atomic E-state index is 13.5. The van der Waals surface area contributed by atoms with Gasteiger partial charge >= 0.3 is 5.97 Å². The van der Waals surface area contributed by atoms with Gasteiger partial charge in [-0.1, -0.05) is 12.1 Å². The summed E-state index contributed by atoms with van der Waals surface area (Å²) in [7, 11) is -3.60. The maximum atomic E-state index is 13.5. The van der Waals surface area contributed by atoms with Crippen LogP contribution in [0.4, 0.5) is 5.95 Å². The second-order valence-corrected chi connectivity index (χ2v) is 10.5. The van der Waals surface area contributed by atoms with Crippen molar-refractivity contribution in [3.8, 4) is 0 Å². The third-order valence-corrected chi connectivity index (χ3v) is 7.45. The summed E-state index contributed by atoms with van der Waals surface area (Å²) >= 11 is 1.62. The summed E-state index contributed by atoms with van der Waals surface area (Å²) in [6, 6.07) is 6.80. The highest BCUT2D eigenvalue weighted by Crippen LogP contribution is 2.44. The minimum absolute atomic E-state index is 0.0224. The Hall–Kier alpha value is -2.70. The Morgan fingerprint density at radius 3 is 2.77 bits per heavy atom. The van der Waals surface area contributed by atoms with Gasteiger partial charge in [0.25, 0.3) is 13.1 Å². The number of aromatic amines is 1. The lowest BCUT2D eigenvalue weighted by Crippen LogP contribution is -2.34. The van der Waals surface area contributed by atoms with Crippen molar-refractivity contribution in [1.82, 2.24) is 24.6 Å². The molecule has 190 valence electrons. The number of benzene rings is 1. The van der Waals surface area contributed by atoms with Gasteiger partial charge in [-0.25, -0.2) is 10.1 Å². The first-order chi connectivity index (χ1) is 16.7. The fourth-order valence-corrected chi connectivity index (χ4v) is 5.16. The van der Waals surface area contributed by atoms with Crippen LogP contribution in [0.3, 0.4) is 0 Å². The number of fused-ring (bicyclic) bond motifs is 1. The molecule has 2 atom stereocenters. The Labute approximate surface area is 206 Å². The number of H-pyrrole nitrogens is 1. The monoisotopic (exact) mass is 524 g/mol. The molecular formula is C21H29N6O6PS. The van der Waals surface area contributed by atoms with Gasteiger partial charge in [-0.2, -0.15) is 4.98 Å². The number of imidazole rings is 1. The number of anilines is 1. The molecule has 0 amide bonds. The van der Waals surface area contributed by atoms with Crippen LogP contribution in [-0.2, 0) is 36.5 Å². The molecule has 0 aliphatic rings. The molecule has 35 heavy (non-hydrogen) atoms. The molecule has 3 rings (SSSR count). The largest absolute Gasteiger partial charge is 0.465 e. The summed E-state index contributed by atoms with van der Waals surface area (Å²) in [5.41, 5.74) is 6.48. The Kier molecular flexibility index (Phi) is 9.47. The number of carbonyl (C=O) groups excluding carboxylic acids is 1. The van der Waals surface area contributed by atoms with E-state index in [9.17, 15) is 14.2 Å². The van der Waals surface area contributed by atoms with E-state index < -0.39 is 25.1 Å². The van der Waals surface area contributed by atoms with Gasteiger partial charge in [0, 0.05) is 11.4 Å². The van der Waals surface area contributed by atoms with Crippen LogP contribution >= 0.6 is 19.3 Å². The number of nitrogens with two attached hydrogens (primary N) is 1. The number of hydrogen-bond acceptors (Lipinski definition) is 10. The molecule has 0 saturated carbocycles. The second kappa shape index (κ2) is 12.3. The normalized spacial score (nSPS) is 14.0. The molecule has 0 radical (unpaired) electrons. The van der Waals surface area contributed by atoms with E-state index in [0.29, 0.717) is 5.65 Å². The fraction of sp³-hybridized carbons (Fsp3) is 0.429. The molecule has 0 bridgehead atoms. The molecule has 12 nitrogen and oxygen atoms in total. The van der Waals surface area contributed by atoms with Crippen LogP contribution in [0, 0.1) is 0 Å². The van der Waals surface area contributed by atoms with Crippen LogP contribution in [0.2, 0.25) is 0 Å². The number of nitrogens with one attached hydrogen (secondary N) is 2. The number of ether oxygens (including phenoxy) is 2. The van der Waals surface area contributed by atoms with Crippen LogP contribution in [0.5, 0.6) is 0 Å². The smallest absolute Gasteiger partial charge is 0.323 e. The third kappa shape index (κ3) is 7.39. The van der Waals surface area contributed by atoms with Crippen molar-refractivity contribution < 1.29 is 23.4 Å². The SMILES string of the molecule is CCOC(=O)C(C)NP(=O)(COCCn1cnc2c(=O)[nH]c(N)nc21)OCc1ccc(SC)cc1. The first-order valence-electron chi connectivity index (χ1n) is 10.8. The summed E-state index contributed by atoms with van der Waals surface area (Å²) in [4.78, 5) is 35.6. The van der Waals surface area contributed by atoms with E-state index in [4.69, 9.17) is 19.7 Å². The molecule has 0 saturated heterocycles. The average molecular weight is 525 g/mol. The summed E-state index contributed by atoms with van der Waals surface area (Å²) in [6.45, 7) is 3.90. The lowest BCUT2D eigenvalue weighted by atomic mass is 10.2. The van der Waals surface area contributed by atoms with Gasteiger partial charge in [0.1, 0.15) is 12.4 Å². The summed E-state index contributed by atoms with van der Waals surface area (Å²) < 4.78 is 31.5. The topological polar surface area (TPSA) is 163 Å². The zero-order valence-corrected chi connectivity index (χ0v) is 21.4. The van der Waals surface area contributed by atoms with Gasteiger partial charge in [0.2, 0.25) is 5.95 Å². The molecule has 0 aliphatic carbocycles. The molecule has 4 N–H and O–H groups in total. The molecule has 14 heteroatoms. The van der Waals surface area contributed by atoms with Crippen molar-refractivity contribution in [3.63, 3.8) is 0 Å². The van der Waals surface area contributed by atoms with Crippen LogP contribution in [0.1, 0.15) is 19.4 Å². The van der Waals surface area contributed by atoms with Crippen LogP contribution in [0.25, 0.3) is 11.2 Å². The molecule has 1 aromatic carbocycles. The first kappa shape index (κ1) is 26.9. The molecule has 2 aromatic heterocycles. The van der Waals surface area contributed by atoms with Gasteiger partial charge in [0.05, 0.1) is 26.1 Å². The Bertz CT molecular complexity index is 1250. The summed E-state index contributed by atoms with van der Waals surface area (Å²) in [5, 5.41) is 2.75. The lowest BCUT2D eigenvalue weighted by molar-refractivity contribution is -0.144. The van der Waals surface area contributed by atoms with Crippen molar-refractivity contribution in [3.05, 3.63) is 46.5 Å². The molecule has 2 unspecified atom stereocenters. The minimum atomic E-state index is -3.60. The standard InChI is InChI=1S/C21H29N6O6PS/c1-4-32-20(29)14(2)26-34(30,33-11-15-5-7-16(35-3)8-6-15)13-31-10-9-27-12-23-17-18(27)24-21(22)25-19(17)28/h5-8,12,14H,4,9-11,13H2,1-3H3,(H,26,30)(H3,22,24,25,28). The van der Waals surface area contributed by atoms with E-state index in [-0.39, 0.29) is 44.2 Å². The molecule has 0 aliphatic heterocycles. The van der Waals surface area contributed by atoms with Gasteiger partial charge in [-0.15, -0.1) is 11.8 Å². The summed E-state index contributed by atoms with van der Waals surface area (Å²) in [6.07, 6.45) is 3.14. The Morgan fingerprint density at radius 1 is 1.34 bits per heavy atom. The second-order valence-electron chi connectivity index (χ2n) is 7.50. The number of hydrogen-bond donors (Lipinski definition) is 3. The number of nitrogens with zero attached hydrogens (tertiary/aromatic N) is 3. The van der Waals surface area contributed by atoms with Crippen molar-refractivity contribution in [1.29, 1.82) is 0 Å². The highest BCUT2D eigenvalue weighted by atomic mass is 32.2. The zero-order chi connectivity index (χ0) is 25.4. The van der Waals surface area contributed by atoms with Crippen molar-refractivity contribution in [2.45, 2.75) is 37.9 Å². The van der Waals surface area contributed by atoms with Gasteiger partial charge in [-0.05, 0) is 37.8 Å². The van der Waals surface area contributed by atoms with Crippen molar-refractivity contribution >= 4 is 42.4 Å². The Morgan fingerprint density at radius 2 is 2.09 bits per heavy atom. The van der Waals surface area contributed by atoms with E-state index in [1.807, 2.05) is 30.5 Å². The van der Waals surface area contributed by atoms with E-state index in [2.05, 4.69) is 20.0 Å². The van der Waals surface area contributed by atoms with E-state index >= 15 is 0 Å². The molecule has 0 spiro atoms. The Balaban J connectivity index is 1.64. The fourth-order valence-electron chi connectivity index (χ4n) is 3.11. The molecule has 3 aromatic rings. The van der Waals surface area contributed by atoms with Crippen molar-refractivity contribution in [2.75, 3.05) is 31.6 Å². The van der Waals surface area contributed by atoms with Gasteiger partial charge in [0.15, 0.2) is 11.2 Å². The lowest BCUT2D eigenvalue weighted by Gasteiger charge is -2.23. The number of carbonyl (C=O) groups is 1. The summed E-state index contributed by atoms with van der Waals surface area (Å²) in [5.74, 6) is -0.565. The first-order valence-corrected chi connectivity index (χ1v) is 13.9. The molecule has 0 fully saturated rings. The number of nitrogen functional groups attached to an aromatic ring is 1. The quantitative estimate of drug-likeness (QED) is 0.130. The predicted octanol–water partition coefficient (Wildman–Crippen LogP) is 2.35. The van der Waals surface area contributed by atoms with Crippen molar-refractivity contribution in [2.24, 2.45) is 0 Å². The number of rotatable bonds is 13. The number of thioether (sulfide) groups is 1. The molecular weight excluding hydrogens is 495 g/mol. The van der Waals surface area contributed by atoms with Crippen LogP contribution in [-0.4, -0.2) is 57.3 Å². The highest BCUT2D eigenvalue weighted by molar-refractivity contribution is 7.98. The van der Waals surface area contributed by atoms with Crippen LogP contribution in [0.15, 0.2) is 40.3 Å². The average Bonchev–Trinajstić information content (AvgIpc) is 3.24. The number of esters is 1. The minimum Gasteiger partial charge on any atom is -0.465 e. The highest BCUT2D eigenvalue weighted by Gasteiger charge is 2.29. The van der Waals surface area contributed by atoms with E-state index in [1.165, 1.54) is 6.33 Å². The van der Waals surface area contributed by atoms with Gasteiger partial charge in [-0.3, -0.25) is 19.1 Å². The maximum Gasteiger partial charge on any atom is 0.323 e. The molecule has 2 heterocycles. The van der Waals surface area contributed by atoms with Crippen LogP contribution < -0.4 is 16.4 Å². The van der Waals surface area contributed by atoms with E-state index in [1.54, 1.807) is 30.2 Å². The van der Waals surface area contributed by atoms with Gasteiger partial charge < -0.3 is 24.3 Å². The number of aromatic nitrogens is 4. The zero-order valence-electron chi connectivity index (χ0n) is 19.7. The predicted molar refractivity (Wildman–Crippen MR) is 133 cm³/mol. The third-order valence-electron chi connectivity index (χ3n) is 4.86. The van der Waals surface area contributed by atoms with E-state index in [0.717, 1.165) is 10.5 Å².